The zero-order valence-electron chi connectivity index (χ0n) is 11.9. The fourth-order valence-corrected chi connectivity index (χ4v) is 3.30. The van der Waals surface area contributed by atoms with E-state index in [1.165, 1.54) is 12.1 Å². The predicted molar refractivity (Wildman–Crippen MR) is 87.5 cm³/mol. The maximum atomic E-state index is 13.0. The van der Waals surface area contributed by atoms with Gasteiger partial charge in [-0.25, -0.2) is 9.37 Å². The number of halogens is 2. The molecule has 0 aliphatic carbocycles. The number of hydrogen-bond acceptors (Lipinski definition) is 3. The number of anilines is 2. The molecular formula is C16H17BrFN3. The van der Waals surface area contributed by atoms with Crippen LogP contribution in [0.3, 0.4) is 0 Å². The Balaban J connectivity index is 1.68. The molecule has 5 heteroatoms. The smallest absolute Gasteiger partial charge is 0.142 e. The van der Waals surface area contributed by atoms with Gasteiger partial charge >= 0.3 is 0 Å². The molecule has 2 aromatic rings. The summed E-state index contributed by atoms with van der Waals surface area (Å²) in [5.41, 5.74) is 2.22. The monoisotopic (exact) mass is 349 g/mol. The first-order valence-electron chi connectivity index (χ1n) is 7.01. The summed E-state index contributed by atoms with van der Waals surface area (Å²) < 4.78 is 14.0. The molecule has 3 rings (SSSR count). The molecule has 0 saturated carbocycles. The van der Waals surface area contributed by atoms with Gasteiger partial charge in [0, 0.05) is 38.1 Å². The molecule has 110 valence electrons. The van der Waals surface area contributed by atoms with Gasteiger partial charge in [-0.2, -0.15) is 0 Å². The van der Waals surface area contributed by atoms with Crippen LogP contribution >= 0.6 is 15.9 Å². The zero-order valence-corrected chi connectivity index (χ0v) is 13.5. The highest BCUT2D eigenvalue weighted by atomic mass is 79.9. The second-order valence-corrected chi connectivity index (χ2v) is 6.12. The Labute approximate surface area is 132 Å². The number of rotatable bonds is 2. The third kappa shape index (κ3) is 3.18. The largest absolute Gasteiger partial charge is 0.368 e. The van der Waals surface area contributed by atoms with Crippen molar-refractivity contribution in [2.75, 3.05) is 36.0 Å². The fourth-order valence-electron chi connectivity index (χ4n) is 2.59. The first-order chi connectivity index (χ1) is 10.1. The van der Waals surface area contributed by atoms with Gasteiger partial charge in [0.1, 0.15) is 11.6 Å². The number of benzene rings is 1. The lowest BCUT2D eigenvalue weighted by Gasteiger charge is -2.37. The van der Waals surface area contributed by atoms with Crippen molar-refractivity contribution in [1.82, 2.24) is 4.98 Å². The Morgan fingerprint density at radius 2 is 1.67 bits per heavy atom. The van der Waals surface area contributed by atoms with Crippen molar-refractivity contribution in [3.63, 3.8) is 0 Å². The maximum absolute atomic E-state index is 13.0. The van der Waals surface area contributed by atoms with Crippen molar-refractivity contribution >= 4 is 27.4 Å². The average Bonchev–Trinajstić information content (AvgIpc) is 2.48. The van der Waals surface area contributed by atoms with Gasteiger partial charge in [-0.15, -0.1) is 0 Å². The van der Waals surface area contributed by atoms with Gasteiger partial charge in [0.2, 0.25) is 0 Å². The summed E-state index contributed by atoms with van der Waals surface area (Å²) in [6.07, 6.45) is 1.90. The molecule has 0 atom stereocenters. The van der Waals surface area contributed by atoms with E-state index in [0.29, 0.717) is 0 Å². The Kier molecular flexibility index (Phi) is 4.10. The van der Waals surface area contributed by atoms with Crippen LogP contribution in [0.4, 0.5) is 15.9 Å². The SMILES string of the molecule is Cc1cnc(N2CCN(c3ccc(F)cc3)CC2)c(Br)c1. The Morgan fingerprint density at radius 1 is 1.05 bits per heavy atom. The summed E-state index contributed by atoms with van der Waals surface area (Å²) in [6, 6.07) is 8.80. The third-order valence-electron chi connectivity index (χ3n) is 3.73. The fraction of sp³-hybridized carbons (Fsp3) is 0.312. The normalized spacial score (nSPS) is 15.4. The van der Waals surface area contributed by atoms with Crippen molar-refractivity contribution in [3.05, 3.63) is 52.4 Å². The van der Waals surface area contributed by atoms with E-state index >= 15 is 0 Å². The molecule has 0 radical (unpaired) electrons. The number of aryl methyl sites for hydroxylation is 1. The minimum absolute atomic E-state index is 0.190. The Hall–Kier alpha value is -1.62. The number of pyridine rings is 1. The zero-order chi connectivity index (χ0) is 14.8. The van der Waals surface area contributed by atoms with E-state index < -0.39 is 0 Å². The molecule has 1 aliphatic rings. The molecule has 0 unspecified atom stereocenters. The second-order valence-electron chi connectivity index (χ2n) is 5.27. The van der Waals surface area contributed by atoms with Crippen LogP contribution in [0, 0.1) is 12.7 Å². The molecule has 1 saturated heterocycles. The van der Waals surface area contributed by atoms with Crippen molar-refractivity contribution in [2.45, 2.75) is 6.92 Å². The quantitative estimate of drug-likeness (QED) is 0.825. The van der Waals surface area contributed by atoms with E-state index in [1.54, 1.807) is 0 Å². The molecule has 1 aliphatic heterocycles. The molecule has 0 spiro atoms. The molecular weight excluding hydrogens is 333 g/mol. The van der Waals surface area contributed by atoms with E-state index in [4.69, 9.17) is 0 Å². The summed E-state index contributed by atoms with van der Waals surface area (Å²) in [4.78, 5) is 9.08. The molecule has 3 nitrogen and oxygen atoms in total. The highest BCUT2D eigenvalue weighted by molar-refractivity contribution is 9.10. The molecule has 2 heterocycles. The lowest BCUT2D eigenvalue weighted by molar-refractivity contribution is 0.624. The lowest BCUT2D eigenvalue weighted by atomic mass is 10.2. The average molecular weight is 350 g/mol. The molecule has 1 aromatic carbocycles. The molecule has 0 N–H and O–H groups in total. The van der Waals surface area contributed by atoms with Gasteiger partial charge < -0.3 is 9.80 Å². The van der Waals surface area contributed by atoms with Gasteiger partial charge in [-0.05, 0) is 58.7 Å². The summed E-state index contributed by atoms with van der Waals surface area (Å²) in [5, 5.41) is 0. The van der Waals surface area contributed by atoms with Gasteiger partial charge in [0.15, 0.2) is 0 Å². The predicted octanol–water partition coefficient (Wildman–Crippen LogP) is 3.62. The van der Waals surface area contributed by atoms with E-state index in [-0.39, 0.29) is 5.82 Å². The minimum atomic E-state index is -0.190. The van der Waals surface area contributed by atoms with Gasteiger partial charge in [0.25, 0.3) is 0 Å². The van der Waals surface area contributed by atoms with Crippen LogP contribution in [0.2, 0.25) is 0 Å². The number of piperazine rings is 1. The van der Waals surface area contributed by atoms with Crippen LogP contribution in [0.15, 0.2) is 41.0 Å². The summed E-state index contributed by atoms with van der Waals surface area (Å²) in [5.74, 6) is 0.810. The molecule has 1 fully saturated rings. The standard InChI is InChI=1S/C16H17BrFN3/c1-12-10-15(17)16(19-11-12)21-8-6-20(7-9-21)14-4-2-13(18)3-5-14/h2-5,10-11H,6-9H2,1H3. The molecule has 21 heavy (non-hydrogen) atoms. The van der Waals surface area contributed by atoms with Crippen molar-refractivity contribution < 1.29 is 4.39 Å². The van der Waals surface area contributed by atoms with Gasteiger partial charge in [-0.1, -0.05) is 0 Å². The van der Waals surface area contributed by atoms with Crippen LogP contribution in [-0.4, -0.2) is 31.2 Å². The van der Waals surface area contributed by atoms with Crippen LogP contribution in [-0.2, 0) is 0 Å². The highest BCUT2D eigenvalue weighted by Crippen LogP contribution is 2.26. The summed E-state index contributed by atoms with van der Waals surface area (Å²) in [7, 11) is 0. The van der Waals surface area contributed by atoms with Crippen LogP contribution in [0.25, 0.3) is 0 Å². The van der Waals surface area contributed by atoms with Crippen LogP contribution in [0.1, 0.15) is 5.56 Å². The topological polar surface area (TPSA) is 19.4 Å². The number of aromatic nitrogens is 1. The van der Waals surface area contributed by atoms with Gasteiger partial charge in [-0.3, -0.25) is 0 Å². The van der Waals surface area contributed by atoms with Crippen LogP contribution in [0.5, 0.6) is 0 Å². The third-order valence-corrected chi connectivity index (χ3v) is 4.31. The first kappa shape index (κ1) is 14.3. The van der Waals surface area contributed by atoms with E-state index in [0.717, 1.165) is 47.7 Å². The van der Waals surface area contributed by atoms with Crippen LogP contribution < -0.4 is 9.80 Å². The number of hydrogen-bond donors (Lipinski definition) is 0. The van der Waals surface area contributed by atoms with Crippen molar-refractivity contribution in [2.24, 2.45) is 0 Å². The summed E-state index contributed by atoms with van der Waals surface area (Å²) in [6.45, 7) is 5.67. The van der Waals surface area contributed by atoms with Gasteiger partial charge in [0.05, 0.1) is 4.47 Å². The highest BCUT2D eigenvalue weighted by Gasteiger charge is 2.20. The Morgan fingerprint density at radius 3 is 2.29 bits per heavy atom. The van der Waals surface area contributed by atoms with Crippen molar-refractivity contribution in [1.29, 1.82) is 0 Å². The number of nitrogens with zero attached hydrogens (tertiary/aromatic N) is 3. The van der Waals surface area contributed by atoms with Crippen molar-refractivity contribution in [3.8, 4) is 0 Å². The van der Waals surface area contributed by atoms with E-state index in [2.05, 4.69) is 36.8 Å². The van der Waals surface area contributed by atoms with E-state index in [1.807, 2.05) is 25.3 Å². The first-order valence-corrected chi connectivity index (χ1v) is 7.80. The summed E-state index contributed by atoms with van der Waals surface area (Å²) >= 11 is 3.59. The second kappa shape index (κ2) is 6.02. The minimum Gasteiger partial charge on any atom is -0.368 e. The molecule has 1 aromatic heterocycles. The van der Waals surface area contributed by atoms with E-state index in [9.17, 15) is 4.39 Å². The maximum Gasteiger partial charge on any atom is 0.142 e. The Bertz CT molecular complexity index is 622. The molecule has 0 bridgehead atoms. The lowest BCUT2D eigenvalue weighted by Crippen LogP contribution is -2.47. The molecule has 0 amide bonds.